The van der Waals surface area contributed by atoms with Crippen molar-refractivity contribution >= 4 is 38.3 Å². The van der Waals surface area contributed by atoms with Gasteiger partial charge in [0.1, 0.15) is 12.1 Å². The fourth-order valence-electron chi connectivity index (χ4n) is 2.84. The molecule has 6 nitrogen and oxygen atoms in total. The topological polar surface area (TPSA) is 75.2 Å². The van der Waals surface area contributed by atoms with Crippen LogP contribution in [0.15, 0.2) is 24.5 Å². The third-order valence-corrected chi connectivity index (χ3v) is 4.67. The summed E-state index contributed by atoms with van der Waals surface area (Å²) in [5.41, 5.74) is 0.826. The summed E-state index contributed by atoms with van der Waals surface area (Å²) < 4.78 is 25.5. The highest BCUT2D eigenvalue weighted by molar-refractivity contribution is 7.88. The minimum Gasteiger partial charge on any atom is -0.354 e. The number of nitrogens with zero attached hydrogens (tertiary/aromatic N) is 3. The zero-order valence-corrected chi connectivity index (χ0v) is 13.7. The Morgan fingerprint density at radius 2 is 2.18 bits per heavy atom. The van der Waals surface area contributed by atoms with Gasteiger partial charge in [-0.05, 0) is 31.0 Å². The van der Waals surface area contributed by atoms with Crippen LogP contribution in [0.2, 0.25) is 5.02 Å². The van der Waals surface area contributed by atoms with Gasteiger partial charge in [0.2, 0.25) is 10.0 Å². The Balaban J connectivity index is 1.92. The molecule has 2 heterocycles. The van der Waals surface area contributed by atoms with Gasteiger partial charge in [0, 0.05) is 29.5 Å². The van der Waals surface area contributed by atoms with Gasteiger partial charge >= 0.3 is 0 Å². The number of fused-ring (bicyclic) bond motifs is 1. The standard InChI is InChI=1S/C14H17ClN4O2S/c1-22(20,21)18-11-3-2-6-19(8-11)14-12-7-10(15)4-5-13(12)16-9-17-14/h4-5,7,9,11,18H,2-3,6,8H2,1H3. The van der Waals surface area contributed by atoms with Crippen LogP contribution >= 0.6 is 11.6 Å². The normalized spacial score (nSPS) is 19.5. The van der Waals surface area contributed by atoms with Crippen molar-refractivity contribution in [1.82, 2.24) is 14.7 Å². The predicted octanol–water partition coefficient (Wildman–Crippen LogP) is 1.80. The molecule has 118 valence electrons. The number of piperidine rings is 1. The van der Waals surface area contributed by atoms with Crippen LogP contribution in [0.25, 0.3) is 10.9 Å². The van der Waals surface area contributed by atoms with E-state index < -0.39 is 10.0 Å². The molecule has 3 rings (SSSR count). The summed E-state index contributed by atoms with van der Waals surface area (Å²) in [7, 11) is -3.21. The lowest BCUT2D eigenvalue weighted by Crippen LogP contribution is -2.47. The minimum atomic E-state index is -3.21. The van der Waals surface area contributed by atoms with Crippen LogP contribution in [0, 0.1) is 0 Å². The van der Waals surface area contributed by atoms with Crippen molar-refractivity contribution < 1.29 is 8.42 Å². The first-order chi connectivity index (χ1) is 10.4. The summed E-state index contributed by atoms with van der Waals surface area (Å²) >= 11 is 6.08. The van der Waals surface area contributed by atoms with E-state index in [9.17, 15) is 8.42 Å². The predicted molar refractivity (Wildman–Crippen MR) is 87.8 cm³/mol. The Labute approximate surface area is 134 Å². The number of benzene rings is 1. The van der Waals surface area contributed by atoms with Crippen molar-refractivity contribution in [2.75, 3.05) is 24.2 Å². The highest BCUT2D eigenvalue weighted by Crippen LogP contribution is 2.27. The molecule has 0 saturated carbocycles. The number of hydrogen-bond donors (Lipinski definition) is 1. The van der Waals surface area contributed by atoms with Crippen LogP contribution in [0.4, 0.5) is 5.82 Å². The third-order valence-electron chi connectivity index (χ3n) is 3.68. The molecule has 1 aliphatic heterocycles. The van der Waals surface area contributed by atoms with Gasteiger partial charge in [-0.3, -0.25) is 0 Å². The molecule has 0 spiro atoms. The molecule has 1 fully saturated rings. The summed E-state index contributed by atoms with van der Waals surface area (Å²) in [5.74, 6) is 0.799. The van der Waals surface area contributed by atoms with Crippen molar-refractivity contribution in [2.24, 2.45) is 0 Å². The van der Waals surface area contributed by atoms with Gasteiger partial charge in [0.25, 0.3) is 0 Å². The minimum absolute atomic E-state index is 0.104. The Hall–Kier alpha value is -1.44. The van der Waals surface area contributed by atoms with Crippen LogP contribution in [-0.2, 0) is 10.0 Å². The quantitative estimate of drug-likeness (QED) is 0.922. The zero-order valence-electron chi connectivity index (χ0n) is 12.2. The molecule has 1 N–H and O–H groups in total. The molecule has 0 amide bonds. The van der Waals surface area contributed by atoms with E-state index >= 15 is 0 Å². The molecular formula is C14H17ClN4O2S. The summed E-state index contributed by atoms with van der Waals surface area (Å²) in [6.07, 6.45) is 4.44. The van der Waals surface area contributed by atoms with Gasteiger partial charge in [-0.25, -0.2) is 23.1 Å². The van der Waals surface area contributed by atoms with E-state index in [1.165, 1.54) is 12.6 Å². The number of halogens is 1. The van der Waals surface area contributed by atoms with E-state index in [-0.39, 0.29) is 6.04 Å². The number of aromatic nitrogens is 2. The Bertz CT molecular complexity index is 797. The smallest absolute Gasteiger partial charge is 0.209 e. The second kappa shape index (κ2) is 5.98. The Morgan fingerprint density at radius 3 is 2.95 bits per heavy atom. The van der Waals surface area contributed by atoms with Gasteiger partial charge < -0.3 is 4.90 Å². The molecule has 22 heavy (non-hydrogen) atoms. The van der Waals surface area contributed by atoms with E-state index in [1.54, 1.807) is 6.07 Å². The van der Waals surface area contributed by atoms with Gasteiger partial charge in [0.15, 0.2) is 0 Å². The molecule has 1 unspecified atom stereocenters. The van der Waals surface area contributed by atoms with Gasteiger partial charge in [0.05, 0.1) is 11.8 Å². The molecule has 1 atom stereocenters. The molecule has 0 aliphatic carbocycles. The van der Waals surface area contributed by atoms with Crippen LogP contribution in [0.3, 0.4) is 0 Å². The average molecular weight is 341 g/mol. The van der Waals surface area contributed by atoms with Crippen molar-refractivity contribution in [3.05, 3.63) is 29.5 Å². The number of anilines is 1. The largest absolute Gasteiger partial charge is 0.354 e. The van der Waals surface area contributed by atoms with Gasteiger partial charge in [-0.2, -0.15) is 0 Å². The average Bonchev–Trinajstić information content (AvgIpc) is 2.45. The number of nitrogens with one attached hydrogen (secondary N) is 1. The zero-order chi connectivity index (χ0) is 15.7. The second-order valence-electron chi connectivity index (χ2n) is 5.53. The van der Waals surface area contributed by atoms with E-state index in [1.807, 2.05) is 12.1 Å². The second-order valence-corrected chi connectivity index (χ2v) is 7.75. The Morgan fingerprint density at radius 1 is 1.36 bits per heavy atom. The molecule has 1 aromatic carbocycles. The molecule has 1 aromatic heterocycles. The number of rotatable bonds is 3. The summed E-state index contributed by atoms with van der Waals surface area (Å²) in [5, 5.41) is 1.52. The first-order valence-corrected chi connectivity index (χ1v) is 9.32. The first kappa shape index (κ1) is 15.5. The fraction of sp³-hybridized carbons (Fsp3) is 0.429. The number of hydrogen-bond acceptors (Lipinski definition) is 5. The van der Waals surface area contributed by atoms with E-state index in [0.717, 1.165) is 36.1 Å². The first-order valence-electron chi connectivity index (χ1n) is 7.05. The van der Waals surface area contributed by atoms with E-state index in [0.29, 0.717) is 11.6 Å². The van der Waals surface area contributed by atoms with Crippen LogP contribution in [0.5, 0.6) is 0 Å². The molecular weight excluding hydrogens is 324 g/mol. The van der Waals surface area contributed by atoms with E-state index in [2.05, 4.69) is 19.6 Å². The maximum atomic E-state index is 11.4. The van der Waals surface area contributed by atoms with Gasteiger partial charge in [-0.15, -0.1) is 0 Å². The summed E-state index contributed by atoms with van der Waals surface area (Å²) in [6, 6.07) is 5.40. The highest BCUT2D eigenvalue weighted by atomic mass is 35.5. The maximum Gasteiger partial charge on any atom is 0.209 e. The lowest BCUT2D eigenvalue weighted by Gasteiger charge is -2.34. The van der Waals surface area contributed by atoms with Crippen LogP contribution in [-0.4, -0.2) is 43.8 Å². The van der Waals surface area contributed by atoms with Crippen molar-refractivity contribution in [2.45, 2.75) is 18.9 Å². The van der Waals surface area contributed by atoms with Crippen LogP contribution in [0.1, 0.15) is 12.8 Å². The monoisotopic (exact) mass is 340 g/mol. The number of sulfonamides is 1. The third kappa shape index (κ3) is 3.48. The molecule has 2 aromatic rings. The SMILES string of the molecule is CS(=O)(=O)NC1CCCN(c2ncnc3ccc(Cl)cc23)C1. The van der Waals surface area contributed by atoms with E-state index in [4.69, 9.17) is 11.6 Å². The van der Waals surface area contributed by atoms with Crippen LogP contribution < -0.4 is 9.62 Å². The van der Waals surface area contributed by atoms with Gasteiger partial charge in [-0.1, -0.05) is 11.6 Å². The van der Waals surface area contributed by atoms with Crippen molar-refractivity contribution in [1.29, 1.82) is 0 Å². The molecule has 1 saturated heterocycles. The highest BCUT2D eigenvalue weighted by Gasteiger charge is 2.24. The van der Waals surface area contributed by atoms with Crippen molar-refractivity contribution in [3.63, 3.8) is 0 Å². The fourth-order valence-corrected chi connectivity index (χ4v) is 3.81. The molecule has 0 radical (unpaired) electrons. The summed E-state index contributed by atoms with van der Waals surface area (Å²) in [4.78, 5) is 10.7. The molecule has 1 aliphatic rings. The molecule has 8 heteroatoms. The lowest BCUT2D eigenvalue weighted by atomic mass is 10.1. The lowest BCUT2D eigenvalue weighted by molar-refractivity contribution is 0.466. The maximum absolute atomic E-state index is 11.4. The Kier molecular flexibility index (Phi) is 4.20. The van der Waals surface area contributed by atoms with Crippen molar-refractivity contribution in [3.8, 4) is 0 Å². The summed E-state index contributed by atoms with van der Waals surface area (Å²) in [6.45, 7) is 1.42. The molecule has 0 bridgehead atoms.